The fourth-order valence-electron chi connectivity index (χ4n) is 2.58. The molecule has 2 rings (SSSR count). The molecule has 1 N–H and O–H groups in total. The smallest absolute Gasteiger partial charge is 0.243 e. The lowest BCUT2D eigenvalue weighted by Crippen LogP contribution is -2.35. The number of carbonyl (C=O) groups excluding carboxylic acids is 1. The lowest BCUT2D eigenvalue weighted by molar-refractivity contribution is -0.124. The molecule has 1 heterocycles. The summed E-state index contributed by atoms with van der Waals surface area (Å²) in [5.74, 6) is 0.0197. The predicted molar refractivity (Wildman–Crippen MR) is 90.4 cm³/mol. The first-order valence-corrected chi connectivity index (χ1v) is 9.76. The molecule has 6 heteroatoms. The molecule has 1 atom stereocenters. The van der Waals surface area contributed by atoms with Crippen LogP contribution in [0, 0.1) is 5.92 Å². The molecule has 0 aromatic heterocycles. The molecule has 5 nitrogen and oxygen atoms in total. The molecule has 0 spiro atoms. The van der Waals surface area contributed by atoms with Gasteiger partial charge in [-0.2, -0.15) is 4.31 Å². The van der Waals surface area contributed by atoms with Gasteiger partial charge in [0.05, 0.1) is 4.90 Å². The van der Waals surface area contributed by atoms with E-state index in [9.17, 15) is 13.2 Å². The number of hydrogen-bond donors (Lipinski definition) is 1. The van der Waals surface area contributed by atoms with E-state index in [1.807, 2.05) is 13.8 Å². The number of carbonyl (C=O) groups is 1. The van der Waals surface area contributed by atoms with E-state index in [2.05, 4.69) is 5.32 Å². The van der Waals surface area contributed by atoms with Crippen molar-refractivity contribution >= 4 is 15.9 Å². The zero-order chi connectivity index (χ0) is 16.9. The van der Waals surface area contributed by atoms with Gasteiger partial charge in [0, 0.05) is 25.6 Å². The average Bonchev–Trinajstić information content (AvgIpc) is 2.60. The monoisotopic (exact) mass is 338 g/mol. The maximum absolute atomic E-state index is 12.5. The van der Waals surface area contributed by atoms with Crippen molar-refractivity contribution < 1.29 is 13.2 Å². The van der Waals surface area contributed by atoms with Gasteiger partial charge in [-0.25, -0.2) is 8.42 Å². The van der Waals surface area contributed by atoms with Crippen LogP contribution in [0.2, 0.25) is 0 Å². The number of hydrogen-bond acceptors (Lipinski definition) is 3. The summed E-state index contributed by atoms with van der Waals surface area (Å²) >= 11 is 0. The van der Waals surface area contributed by atoms with Gasteiger partial charge in [-0.05, 0) is 37.0 Å². The summed E-state index contributed by atoms with van der Waals surface area (Å²) in [6, 6.07) is 6.81. The first kappa shape index (κ1) is 17.9. The van der Waals surface area contributed by atoms with E-state index < -0.39 is 10.0 Å². The molecular weight excluding hydrogens is 312 g/mol. The molecule has 1 fully saturated rings. The zero-order valence-corrected chi connectivity index (χ0v) is 14.7. The molecule has 1 aromatic carbocycles. The lowest BCUT2D eigenvalue weighted by Gasteiger charge is -2.25. The van der Waals surface area contributed by atoms with Crippen LogP contribution in [-0.2, 0) is 21.4 Å². The minimum absolute atomic E-state index is 0.00578. The van der Waals surface area contributed by atoms with Crippen molar-refractivity contribution in [3.63, 3.8) is 0 Å². The summed E-state index contributed by atoms with van der Waals surface area (Å²) in [7, 11) is -3.38. The molecule has 0 bridgehead atoms. The molecule has 1 aromatic rings. The molecule has 1 aliphatic heterocycles. The van der Waals surface area contributed by atoms with E-state index in [1.165, 1.54) is 0 Å². The number of amides is 1. The predicted octanol–water partition coefficient (Wildman–Crippen LogP) is 2.52. The van der Waals surface area contributed by atoms with Gasteiger partial charge in [0.1, 0.15) is 0 Å². The quantitative estimate of drug-likeness (QED) is 0.867. The highest BCUT2D eigenvalue weighted by Crippen LogP contribution is 2.20. The van der Waals surface area contributed by atoms with Crippen LogP contribution in [0.3, 0.4) is 0 Å². The van der Waals surface area contributed by atoms with E-state index >= 15 is 0 Å². The van der Waals surface area contributed by atoms with Crippen molar-refractivity contribution in [1.29, 1.82) is 0 Å². The molecule has 23 heavy (non-hydrogen) atoms. The second-order valence-electron chi connectivity index (χ2n) is 6.14. The molecule has 1 amide bonds. The Morgan fingerprint density at radius 2 is 1.78 bits per heavy atom. The van der Waals surface area contributed by atoms with Gasteiger partial charge in [-0.1, -0.05) is 32.4 Å². The summed E-state index contributed by atoms with van der Waals surface area (Å²) in [6.45, 7) is 5.51. The average molecular weight is 338 g/mol. The van der Waals surface area contributed by atoms with E-state index in [1.54, 1.807) is 28.6 Å². The molecule has 1 unspecified atom stereocenters. The van der Waals surface area contributed by atoms with Crippen LogP contribution < -0.4 is 5.32 Å². The third-order valence-electron chi connectivity index (χ3n) is 4.40. The van der Waals surface area contributed by atoms with Crippen LogP contribution in [0.4, 0.5) is 0 Å². The number of nitrogens with one attached hydrogen (secondary N) is 1. The number of sulfonamides is 1. The van der Waals surface area contributed by atoms with E-state index in [4.69, 9.17) is 0 Å². The second-order valence-corrected chi connectivity index (χ2v) is 8.07. The van der Waals surface area contributed by atoms with Crippen LogP contribution in [0.15, 0.2) is 29.2 Å². The molecule has 1 saturated heterocycles. The minimum atomic E-state index is -3.38. The zero-order valence-electron chi connectivity index (χ0n) is 13.9. The van der Waals surface area contributed by atoms with Crippen molar-refractivity contribution in [2.75, 3.05) is 13.1 Å². The summed E-state index contributed by atoms with van der Waals surface area (Å²) in [5, 5.41) is 2.87. The van der Waals surface area contributed by atoms with Crippen LogP contribution in [0.25, 0.3) is 0 Å². The van der Waals surface area contributed by atoms with Crippen molar-refractivity contribution in [2.45, 2.75) is 51.0 Å². The normalized spacial score (nSPS) is 17.7. The SMILES string of the molecule is CCC(C)C(=O)NCc1ccc(S(=O)(=O)N2CCCCC2)cc1. The Bertz CT molecular complexity index is 620. The van der Waals surface area contributed by atoms with Crippen LogP contribution in [-0.4, -0.2) is 31.7 Å². The van der Waals surface area contributed by atoms with Crippen molar-refractivity contribution in [3.05, 3.63) is 29.8 Å². The molecule has 1 aliphatic rings. The lowest BCUT2D eigenvalue weighted by atomic mass is 10.1. The Kier molecular flexibility index (Phi) is 6.18. The number of benzene rings is 1. The molecule has 0 aliphatic carbocycles. The van der Waals surface area contributed by atoms with Gasteiger partial charge in [0.2, 0.25) is 15.9 Å². The van der Waals surface area contributed by atoms with Gasteiger partial charge in [-0.3, -0.25) is 4.79 Å². The highest BCUT2D eigenvalue weighted by molar-refractivity contribution is 7.89. The minimum Gasteiger partial charge on any atom is -0.352 e. The summed E-state index contributed by atoms with van der Waals surface area (Å²) in [6.07, 6.45) is 3.76. The van der Waals surface area contributed by atoms with Gasteiger partial charge in [0.15, 0.2) is 0 Å². The van der Waals surface area contributed by atoms with Crippen LogP contribution in [0.5, 0.6) is 0 Å². The van der Waals surface area contributed by atoms with E-state index in [-0.39, 0.29) is 11.8 Å². The van der Waals surface area contributed by atoms with Crippen molar-refractivity contribution in [3.8, 4) is 0 Å². The number of piperidine rings is 1. The fraction of sp³-hybridized carbons (Fsp3) is 0.588. The van der Waals surface area contributed by atoms with Crippen LogP contribution >= 0.6 is 0 Å². The Hall–Kier alpha value is -1.40. The summed E-state index contributed by atoms with van der Waals surface area (Å²) < 4.78 is 26.7. The van der Waals surface area contributed by atoms with Crippen molar-refractivity contribution in [1.82, 2.24) is 9.62 Å². The fourth-order valence-corrected chi connectivity index (χ4v) is 4.10. The van der Waals surface area contributed by atoms with E-state index in [0.717, 1.165) is 31.2 Å². The van der Waals surface area contributed by atoms with Gasteiger partial charge < -0.3 is 5.32 Å². The third-order valence-corrected chi connectivity index (χ3v) is 6.32. The largest absolute Gasteiger partial charge is 0.352 e. The Morgan fingerprint density at radius 1 is 1.17 bits per heavy atom. The Morgan fingerprint density at radius 3 is 2.35 bits per heavy atom. The maximum Gasteiger partial charge on any atom is 0.243 e. The Labute approximate surface area is 139 Å². The van der Waals surface area contributed by atoms with Crippen LogP contribution in [0.1, 0.15) is 45.1 Å². The highest BCUT2D eigenvalue weighted by atomic mass is 32.2. The third kappa shape index (κ3) is 4.54. The first-order chi connectivity index (χ1) is 10.9. The molecule has 128 valence electrons. The van der Waals surface area contributed by atoms with Gasteiger partial charge in [0.25, 0.3) is 0 Å². The van der Waals surface area contributed by atoms with Gasteiger partial charge in [-0.15, -0.1) is 0 Å². The van der Waals surface area contributed by atoms with Crippen molar-refractivity contribution in [2.24, 2.45) is 5.92 Å². The molecular formula is C17H26N2O3S. The second kappa shape index (κ2) is 7.93. The molecule has 0 radical (unpaired) electrons. The maximum atomic E-state index is 12.5. The first-order valence-electron chi connectivity index (χ1n) is 8.32. The standard InChI is InChI=1S/C17H26N2O3S/c1-3-14(2)17(20)18-13-15-7-9-16(10-8-15)23(21,22)19-11-5-4-6-12-19/h7-10,14H,3-6,11-13H2,1-2H3,(H,18,20). The summed E-state index contributed by atoms with van der Waals surface area (Å²) in [4.78, 5) is 12.1. The Balaban J connectivity index is 2.00. The number of rotatable bonds is 6. The summed E-state index contributed by atoms with van der Waals surface area (Å²) in [5.41, 5.74) is 0.902. The van der Waals surface area contributed by atoms with Gasteiger partial charge >= 0.3 is 0 Å². The highest BCUT2D eigenvalue weighted by Gasteiger charge is 2.25. The van der Waals surface area contributed by atoms with E-state index in [0.29, 0.717) is 24.5 Å². The topological polar surface area (TPSA) is 66.5 Å². The number of nitrogens with zero attached hydrogens (tertiary/aromatic N) is 1. The molecule has 0 saturated carbocycles.